The van der Waals surface area contributed by atoms with E-state index in [4.69, 9.17) is 5.53 Å². The molecule has 0 saturated carbocycles. The van der Waals surface area contributed by atoms with Crippen LogP contribution in [-0.2, 0) is 9.84 Å². The summed E-state index contributed by atoms with van der Waals surface area (Å²) in [5.41, 5.74) is 6.50. The fourth-order valence-corrected chi connectivity index (χ4v) is 2.42. The summed E-state index contributed by atoms with van der Waals surface area (Å²) < 4.78 is 23.5. The molecule has 0 amide bonds. The summed E-state index contributed by atoms with van der Waals surface area (Å²) in [6.45, 7) is 1.27. The van der Waals surface area contributed by atoms with Crippen molar-refractivity contribution in [1.29, 1.82) is 0 Å². The summed E-state index contributed by atoms with van der Waals surface area (Å²) in [6, 6.07) is 1.22. The van der Waals surface area contributed by atoms with Crippen LogP contribution in [0.4, 0.5) is 17.1 Å². The van der Waals surface area contributed by atoms with Gasteiger partial charge in [0.2, 0.25) is 0 Å². The number of benzene rings is 1. The standard InChI is InChI=1S/C8H8N4O6S/c1-2-19(17,18)7-4-5(11(13)14)3-6(12(15)16)8(7)10-9/h3-4,10H,2H2,1H3. The number of nitro groups is 2. The van der Waals surface area contributed by atoms with E-state index in [1.165, 1.54) is 12.0 Å². The SMILES string of the molecule is CCS(=O)(=O)c1cc([N+](=O)[O-])cc([N+](=O)[O-])c1[NH+]=[N-]. The molecule has 102 valence electrons. The highest BCUT2D eigenvalue weighted by Crippen LogP contribution is 2.33. The lowest BCUT2D eigenvalue weighted by molar-refractivity contribution is -0.425. The molecule has 0 bridgehead atoms. The van der Waals surface area contributed by atoms with Crippen LogP contribution < -0.4 is 5.11 Å². The highest BCUT2D eigenvalue weighted by molar-refractivity contribution is 7.91. The summed E-state index contributed by atoms with van der Waals surface area (Å²) in [6.07, 6.45) is 0. The van der Waals surface area contributed by atoms with Crippen LogP contribution in [0.3, 0.4) is 0 Å². The van der Waals surface area contributed by atoms with Crippen molar-refractivity contribution >= 4 is 26.9 Å². The third-order valence-corrected chi connectivity index (χ3v) is 4.05. The van der Waals surface area contributed by atoms with E-state index in [2.05, 4.69) is 0 Å². The third kappa shape index (κ3) is 2.70. The lowest BCUT2D eigenvalue weighted by Gasteiger charge is -2.03. The molecular formula is C8H8N4O6S. The normalized spacial score (nSPS) is 11.0. The van der Waals surface area contributed by atoms with Crippen molar-refractivity contribution in [3.8, 4) is 0 Å². The molecule has 0 aromatic heterocycles. The molecule has 0 aliphatic rings. The Hall–Kier alpha value is -2.43. The Labute approximate surface area is 106 Å². The first-order chi connectivity index (χ1) is 8.74. The molecule has 11 heteroatoms. The average Bonchev–Trinajstić information content (AvgIpc) is 2.36. The molecule has 1 aromatic carbocycles. The van der Waals surface area contributed by atoms with Gasteiger partial charge < -0.3 is 5.53 Å². The minimum absolute atomic E-state index is 0.431. The maximum Gasteiger partial charge on any atom is 0.347 e. The van der Waals surface area contributed by atoms with Crippen molar-refractivity contribution in [2.24, 2.45) is 0 Å². The highest BCUT2D eigenvalue weighted by Gasteiger charge is 2.32. The molecule has 0 saturated heterocycles. The van der Waals surface area contributed by atoms with Gasteiger partial charge in [0, 0.05) is 6.07 Å². The molecule has 0 spiro atoms. The molecule has 1 aromatic rings. The number of hydrogen-bond donors (Lipinski definition) is 1. The summed E-state index contributed by atoms with van der Waals surface area (Å²) >= 11 is 0. The van der Waals surface area contributed by atoms with Crippen molar-refractivity contribution in [2.45, 2.75) is 11.8 Å². The summed E-state index contributed by atoms with van der Waals surface area (Å²) in [5.74, 6) is -0.431. The van der Waals surface area contributed by atoms with Gasteiger partial charge in [-0.15, -0.1) is 0 Å². The van der Waals surface area contributed by atoms with Gasteiger partial charge >= 0.3 is 5.69 Å². The first-order valence-corrected chi connectivity index (χ1v) is 6.49. The van der Waals surface area contributed by atoms with Crippen LogP contribution in [0.5, 0.6) is 0 Å². The Morgan fingerprint density at radius 3 is 2.21 bits per heavy atom. The Morgan fingerprint density at radius 2 is 1.84 bits per heavy atom. The van der Waals surface area contributed by atoms with Gasteiger partial charge in [0.1, 0.15) is 6.07 Å². The predicted molar refractivity (Wildman–Crippen MR) is 61.5 cm³/mol. The molecule has 0 aliphatic heterocycles. The Balaban J connectivity index is 3.84. The van der Waals surface area contributed by atoms with Crippen LogP contribution >= 0.6 is 0 Å². The van der Waals surface area contributed by atoms with Gasteiger partial charge in [0.25, 0.3) is 11.4 Å². The zero-order valence-electron chi connectivity index (χ0n) is 9.56. The molecular weight excluding hydrogens is 280 g/mol. The number of non-ortho nitro benzene ring substituents is 1. The Bertz CT molecular complexity index is 668. The van der Waals surface area contributed by atoms with E-state index in [0.29, 0.717) is 12.1 Å². The third-order valence-electron chi connectivity index (χ3n) is 2.30. The molecule has 0 atom stereocenters. The van der Waals surface area contributed by atoms with E-state index >= 15 is 0 Å². The Morgan fingerprint density at radius 1 is 1.26 bits per heavy atom. The monoisotopic (exact) mass is 288 g/mol. The molecule has 0 unspecified atom stereocenters. The van der Waals surface area contributed by atoms with E-state index in [1.54, 1.807) is 0 Å². The lowest BCUT2D eigenvalue weighted by Crippen LogP contribution is -2.55. The van der Waals surface area contributed by atoms with Crippen LogP contribution in [0.2, 0.25) is 0 Å². The van der Waals surface area contributed by atoms with Gasteiger partial charge in [0.05, 0.1) is 15.6 Å². The smallest absolute Gasteiger partial charge is 0.347 e. The summed E-state index contributed by atoms with van der Waals surface area (Å²) in [7, 11) is -3.98. The van der Waals surface area contributed by atoms with E-state index in [-0.39, 0.29) is 0 Å². The van der Waals surface area contributed by atoms with Crippen LogP contribution in [0.15, 0.2) is 17.0 Å². The average molecular weight is 288 g/mol. The van der Waals surface area contributed by atoms with Gasteiger partial charge in [-0.05, 0) is 0 Å². The van der Waals surface area contributed by atoms with Crippen LogP contribution in [-0.4, -0.2) is 24.0 Å². The second-order valence-electron chi connectivity index (χ2n) is 3.37. The zero-order chi connectivity index (χ0) is 14.8. The van der Waals surface area contributed by atoms with Crippen LogP contribution in [0.25, 0.3) is 5.53 Å². The van der Waals surface area contributed by atoms with Crippen molar-refractivity contribution in [3.63, 3.8) is 0 Å². The number of nitrogens with one attached hydrogen (secondary N) is 1. The van der Waals surface area contributed by atoms with Gasteiger partial charge in [-0.2, -0.15) is 0 Å². The van der Waals surface area contributed by atoms with Gasteiger partial charge in [-0.3, -0.25) is 25.3 Å². The van der Waals surface area contributed by atoms with Crippen molar-refractivity contribution in [1.82, 2.24) is 0 Å². The first kappa shape index (κ1) is 14.6. The molecule has 10 nitrogen and oxygen atoms in total. The number of hydrogen-bond acceptors (Lipinski definition) is 6. The number of rotatable bonds is 5. The zero-order valence-corrected chi connectivity index (χ0v) is 10.4. The molecule has 0 radical (unpaired) electrons. The minimum atomic E-state index is -3.98. The quantitative estimate of drug-likeness (QED) is 0.457. The van der Waals surface area contributed by atoms with Gasteiger partial charge in [-0.1, -0.05) is 6.92 Å². The lowest BCUT2D eigenvalue weighted by atomic mass is 10.2. The van der Waals surface area contributed by atoms with Crippen LogP contribution in [0, 0.1) is 20.2 Å². The Kier molecular flexibility index (Phi) is 3.89. The van der Waals surface area contributed by atoms with Gasteiger partial charge in [0.15, 0.2) is 14.7 Å². The van der Waals surface area contributed by atoms with Crippen molar-refractivity contribution in [3.05, 3.63) is 37.9 Å². The van der Waals surface area contributed by atoms with E-state index < -0.39 is 47.4 Å². The summed E-state index contributed by atoms with van der Waals surface area (Å²) in [5, 5.41) is 22.8. The topological polar surface area (TPSA) is 157 Å². The molecule has 0 aliphatic carbocycles. The van der Waals surface area contributed by atoms with E-state index in [0.717, 1.165) is 0 Å². The molecule has 1 rings (SSSR count). The second-order valence-corrected chi connectivity index (χ2v) is 5.61. The van der Waals surface area contributed by atoms with Crippen molar-refractivity contribution in [2.75, 3.05) is 5.75 Å². The molecule has 1 N–H and O–H groups in total. The maximum atomic E-state index is 11.7. The second kappa shape index (κ2) is 5.06. The molecule has 0 fully saturated rings. The van der Waals surface area contributed by atoms with E-state index in [9.17, 15) is 28.6 Å². The molecule has 0 heterocycles. The number of sulfone groups is 1. The van der Waals surface area contributed by atoms with Crippen molar-refractivity contribution < 1.29 is 23.4 Å². The fraction of sp³-hybridized carbons (Fsp3) is 0.250. The minimum Gasteiger partial charge on any atom is -0.502 e. The summed E-state index contributed by atoms with van der Waals surface area (Å²) in [4.78, 5) is 18.7. The fourth-order valence-electron chi connectivity index (χ4n) is 1.35. The van der Waals surface area contributed by atoms with Crippen LogP contribution in [0.1, 0.15) is 6.92 Å². The number of nitro benzene ring substituents is 2. The largest absolute Gasteiger partial charge is 0.502 e. The first-order valence-electron chi connectivity index (χ1n) is 4.84. The highest BCUT2D eigenvalue weighted by atomic mass is 32.2. The predicted octanol–water partition coefficient (Wildman–Crippen LogP) is 0.0303. The number of nitrogens with zero attached hydrogens (tertiary/aromatic N) is 3. The maximum absolute atomic E-state index is 11.7. The van der Waals surface area contributed by atoms with Gasteiger partial charge in [-0.25, -0.2) is 8.42 Å². The van der Waals surface area contributed by atoms with E-state index in [1.807, 2.05) is 0 Å². The molecule has 19 heavy (non-hydrogen) atoms.